The Morgan fingerprint density at radius 3 is 2.45 bits per heavy atom. The summed E-state index contributed by atoms with van der Waals surface area (Å²) in [5.74, 6) is 1.68. The highest BCUT2D eigenvalue weighted by molar-refractivity contribution is 7.80. The van der Waals surface area contributed by atoms with Crippen molar-refractivity contribution < 1.29 is 13.6 Å². The Labute approximate surface area is 247 Å². The van der Waals surface area contributed by atoms with Crippen LogP contribution in [0.15, 0.2) is 87.7 Å². The van der Waals surface area contributed by atoms with E-state index in [9.17, 15) is 4.79 Å². The Kier molecular flexibility index (Phi) is 8.35. The summed E-state index contributed by atoms with van der Waals surface area (Å²) in [7, 11) is 0. The molecule has 0 saturated heterocycles. The lowest BCUT2D eigenvalue weighted by atomic mass is 9.98. The van der Waals surface area contributed by atoms with Gasteiger partial charge in [-0.3, -0.25) is 10.1 Å². The van der Waals surface area contributed by atoms with E-state index in [0.29, 0.717) is 39.1 Å². The van der Waals surface area contributed by atoms with E-state index in [1.54, 1.807) is 36.4 Å². The first-order valence-electron chi connectivity index (χ1n) is 12.6. The summed E-state index contributed by atoms with van der Waals surface area (Å²) in [4.78, 5) is 17.0. The molecule has 1 amide bonds. The van der Waals surface area contributed by atoms with Crippen molar-refractivity contribution in [2.75, 3.05) is 5.32 Å². The molecule has 0 spiro atoms. The van der Waals surface area contributed by atoms with Crippen LogP contribution in [0.2, 0.25) is 10.0 Å². The molecular formula is C31H25Cl2N3O3S. The number of amides is 1. The van der Waals surface area contributed by atoms with Gasteiger partial charge in [0.05, 0.1) is 0 Å². The van der Waals surface area contributed by atoms with E-state index in [1.165, 1.54) is 11.6 Å². The average molecular weight is 591 g/mol. The Balaban J connectivity index is 1.17. The summed E-state index contributed by atoms with van der Waals surface area (Å²) < 4.78 is 11.7. The van der Waals surface area contributed by atoms with E-state index < -0.39 is 5.91 Å². The number of carbonyl (C=O) groups is 1. The van der Waals surface area contributed by atoms with Crippen molar-refractivity contribution in [3.8, 4) is 22.8 Å². The zero-order valence-electron chi connectivity index (χ0n) is 21.7. The summed E-state index contributed by atoms with van der Waals surface area (Å²) in [6, 6.07) is 22.3. The molecule has 0 radical (unpaired) electrons. The van der Waals surface area contributed by atoms with Crippen LogP contribution in [0.25, 0.3) is 40.0 Å². The van der Waals surface area contributed by atoms with E-state index in [2.05, 4.69) is 41.6 Å². The quantitative estimate of drug-likeness (QED) is 0.145. The molecule has 202 valence electrons. The molecule has 0 unspecified atom stereocenters. The number of rotatable bonds is 7. The van der Waals surface area contributed by atoms with Gasteiger partial charge in [-0.2, -0.15) is 0 Å². The summed E-state index contributed by atoms with van der Waals surface area (Å²) in [5, 5.41) is 6.80. The number of fused-ring (bicyclic) bond motifs is 1. The molecule has 5 rings (SSSR count). The predicted molar refractivity (Wildman–Crippen MR) is 166 cm³/mol. The molecule has 0 bridgehead atoms. The van der Waals surface area contributed by atoms with Crippen LogP contribution in [0.4, 0.5) is 5.69 Å². The minimum absolute atomic E-state index is 0.163. The molecule has 3 aromatic carbocycles. The number of anilines is 1. The second-order valence-corrected chi connectivity index (χ2v) is 10.6. The third-order valence-corrected chi connectivity index (χ3v) is 7.03. The second-order valence-electron chi connectivity index (χ2n) is 9.27. The molecule has 9 heteroatoms. The monoisotopic (exact) mass is 589 g/mol. The van der Waals surface area contributed by atoms with E-state index in [0.717, 1.165) is 28.6 Å². The molecule has 0 aliphatic carbocycles. The van der Waals surface area contributed by atoms with Gasteiger partial charge in [0.15, 0.2) is 10.7 Å². The summed E-state index contributed by atoms with van der Waals surface area (Å²) in [6.07, 6.45) is 3.95. The maximum Gasteiger partial charge on any atom is 0.250 e. The van der Waals surface area contributed by atoms with Crippen LogP contribution in [0, 0.1) is 0 Å². The molecule has 0 aliphatic heterocycles. The SMILES string of the molecule is CC[C@@H](C)c1ccc2oc(-c3ccc(NC(=S)NC(=O)/C=C/c4ccc(-c5cc(Cl)cc(Cl)c5)o4)cc3)nc2c1. The largest absolute Gasteiger partial charge is 0.457 e. The normalized spacial score (nSPS) is 12.1. The number of hydrogen-bond acceptors (Lipinski definition) is 5. The van der Waals surface area contributed by atoms with Crippen LogP contribution in [-0.4, -0.2) is 16.0 Å². The number of halogens is 2. The number of hydrogen-bond donors (Lipinski definition) is 2. The molecule has 0 fully saturated rings. The van der Waals surface area contributed by atoms with Gasteiger partial charge in [0.25, 0.3) is 0 Å². The van der Waals surface area contributed by atoms with Gasteiger partial charge in [0, 0.05) is 32.9 Å². The minimum Gasteiger partial charge on any atom is -0.457 e. The fourth-order valence-electron chi connectivity index (χ4n) is 4.07. The third-order valence-electron chi connectivity index (χ3n) is 6.39. The molecule has 2 aromatic heterocycles. The van der Waals surface area contributed by atoms with Gasteiger partial charge in [-0.15, -0.1) is 0 Å². The number of thiocarbonyl (C=S) groups is 1. The number of oxazole rings is 1. The summed E-state index contributed by atoms with van der Waals surface area (Å²) >= 11 is 17.4. The molecule has 6 nitrogen and oxygen atoms in total. The molecule has 0 aliphatic rings. The maximum atomic E-state index is 12.4. The lowest BCUT2D eigenvalue weighted by Crippen LogP contribution is -2.32. The Hall–Kier alpha value is -3.91. The smallest absolute Gasteiger partial charge is 0.250 e. The van der Waals surface area contributed by atoms with Crippen LogP contribution in [0.3, 0.4) is 0 Å². The van der Waals surface area contributed by atoms with Crippen molar-refractivity contribution in [3.63, 3.8) is 0 Å². The third kappa shape index (κ3) is 6.62. The van der Waals surface area contributed by atoms with Crippen molar-refractivity contribution in [2.24, 2.45) is 0 Å². The molecule has 0 saturated carbocycles. The molecular weight excluding hydrogens is 565 g/mol. The van der Waals surface area contributed by atoms with Crippen molar-refractivity contribution in [1.82, 2.24) is 10.3 Å². The Bertz CT molecular complexity index is 1700. The summed E-state index contributed by atoms with van der Waals surface area (Å²) in [6.45, 7) is 4.37. The number of aromatic nitrogens is 1. The van der Waals surface area contributed by atoms with Gasteiger partial charge >= 0.3 is 0 Å². The van der Waals surface area contributed by atoms with E-state index in [1.807, 2.05) is 30.3 Å². The average Bonchev–Trinajstić information content (AvgIpc) is 3.58. The number of nitrogens with zero attached hydrogens (tertiary/aromatic N) is 1. The molecule has 40 heavy (non-hydrogen) atoms. The number of benzene rings is 3. The van der Waals surface area contributed by atoms with Crippen molar-refractivity contribution >= 4 is 69.3 Å². The first kappa shape index (κ1) is 27.6. The van der Waals surface area contributed by atoms with Crippen LogP contribution < -0.4 is 10.6 Å². The topological polar surface area (TPSA) is 80.3 Å². The zero-order chi connectivity index (χ0) is 28.2. The van der Waals surface area contributed by atoms with E-state index in [4.69, 9.17) is 44.3 Å². The Morgan fingerprint density at radius 1 is 0.975 bits per heavy atom. The predicted octanol–water partition coefficient (Wildman–Crippen LogP) is 9.10. The lowest BCUT2D eigenvalue weighted by molar-refractivity contribution is -0.115. The number of furan rings is 1. The minimum atomic E-state index is -0.402. The van der Waals surface area contributed by atoms with Gasteiger partial charge in [0.2, 0.25) is 11.8 Å². The molecule has 2 heterocycles. The zero-order valence-corrected chi connectivity index (χ0v) is 24.0. The molecule has 1 atom stereocenters. The van der Waals surface area contributed by atoms with Crippen LogP contribution >= 0.6 is 35.4 Å². The standard InChI is InChI=1S/C31H25Cl2N3O3S/c1-3-18(2)20-6-11-28-26(16-20)35-30(39-28)19-4-7-24(8-5-19)34-31(40)36-29(37)13-10-25-9-12-27(38-25)21-14-22(32)17-23(33)15-21/h4-18H,3H2,1-2H3,(H2,34,36,37,40)/b13-10+/t18-/m1/s1. The van der Waals surface area contributed by atoms with E-state index in [-0.39, 0.29) is 5.11 Å². The van der Waals surface area contributed by atoms with Crippen LogP contribution in [0.1, 0.15) is 37.5 Å². The van der Waals surface area contributed by atoms with Crippen LogP contribution in [-0.2, 0) is 4.79 Å². The van der Waals surface area contributed by atoms with Gasteiger partial charge < -0.3 is 14.2 Å². The fourth-order valence-corrected chi connectivity index (χ4v) is 4.82. The van der Waals surface area contributed by atoms with Gasteiger partial charge in [-0.25, -0.2) is 4.98 Å². The molecule has 2 N–H and O–H groups in total. The van der Waals surface area contributed by atoms with Crippen molar-refractivity contribution in [1.29, 1.82) is 0 Å². The van der Waals surface area contributed by atoms with Gasteiger partial charge in [0.1, 0.15) is 17.0 Å². The summed E-state index contributed by atoms with van der Waals surface area (Å²) in [5.41, 5.74) is 5.13. The number of carbonyl (C=O) groups excluding carboxylic acids is 1. The first-order valence-corrected chi connectivity index (χ1v) is 13.8. The maximum absolute atomic E-state index is 12.4. The first-order chi connectivity index (χ1) is 19.3. The lowest BCUT2D eigenvalue weighted by Gasteiger charge is -2.08. The Morgan fingerprint density at radius 2 is 1.73 bits per heavy atom. The highest BCUT2D eigenvalue weighted by Gasteiger charge is 2.12. The van der Waals surface area contributed by atoms with E-state index >= 15 is 0 Å². The van der Waals surface area contributed by atoms with Crippen molar-refractivity contribution in [3.05, 3.63) is 100 Å². The fraction of sp³-hybridized carbons (Fsp3) is 0.129. The highest BCUT2D eigenvalue weighted by atomic mass is 35.5. The van der Waals surface area contributed by atoms with Gasteiger partial charge in [-0.05, 0) is 103 Å². The number of nitrogens with one attached hydrogen (secondary N) is 2. The molecule has 5 aromatic rings. The van der Waals surface area contributed by atoms with Crippen LogP contribution in [0.5, 0.6) is 0 Å². The van der Waals surface area contributed by atoms with Crippen molar-refractivity contribution in [2.45, 2.75) is 26.2 Å². The second kappa shape index (κ2) is 12.1. The highest BCUT2D eigenvalue weighted by Crippen LogP contribution is 2.30. The van der Waals surface area contributed by atoms with Gasteiger partial charge in [-0.1, -0.05) is 43.1 Å².